The molecule has 0 amide bonds. The number of halogens is 10. The van der Waals surface area contributed by atoms with Gasteiger partial charge in [0.05, 0.1) is 0 Å². The Morgan fingerprint density at radius 2 is 1.32 bits per heavy atom. The van der Waals surface area contributed by atoms with Gasteiger partial charge < -0.3 is 4.74 Å². The van der Waals surface area contributed by atoms with Crippen molar-refractivity contribution < 1.29 is 53.4 Å². The smallest absolute Gasteiger partial charge is 0.400 e. The molecule has 0 radical (unpaired) electrons. The molecule has 4 atom stereocenters. The van der Waals surface area contributed by atoms with Crippen molar-refractivity contribution in [3.63, 3.8) is 0 Å². The molecular formula is C10H10F10O2. The van der Waals surface area contributed by atoms with Crippen LogP contribution in [0.25, 0.3) is 0 Å². The Kier molecular flexibility index (Phi) is 6.95. The summed E-state index contributed by atoms with van der Waals surface area (Å²) in [5.41, 5.74) is 0. The fourth-order valence-corrected chi connectivity index (χ4v) is 1.57. The Morgan fingerprint density at radius 3 is 1.59 bits per heavy atom. The standard InChI is InChI=1S/C10H10F10O2/c1-3(21)22-2-4(11)5(9(15,16)17)7(12)6(8(13)14)10(18,19)20/h4-8H,2H2,1H3. The summed E-state index contributed by atoms with van der Waals surface area (Å²) in [5, 5.41) is 0. The van der Waals surface area contributed by atoms with Gasteiger partial charge in [0.1, 0.15) is 30.8 Å². The molecule has 0 aliphatic heterocycles. The molecule has 0 aliphatic rings. The largest absolute Gasteiger partial charge is 0.463 e. The molecule has 12 heteroatoms. The van der Waals surface area contributed by atoms with E-state index in [1.165, 1.54) is 0 Å². The maximum atomic E-state index is 13.4. The van der Waals surface area contributed by atoms with E-state index >= 15 is 0 Å². The van der Waals surface area contributed by atoms with Crippen molar-refractivity contribution in [3.8, 4) is 0 Å². The second kappa shape index (κ2) is 7.36. The van der Waals surface area contributed by atoms with Gasteiger partial charge in [-0.1, -0.05) is 0 Å². The highest BCUT2D eigenvalue weighted by atomic mass is 19.4. The zero-order valence-electron chi connectivity index (χ0n) is 10.7. The Hall–Kier alpha value is -1.23. The van der Waals surface area contributed by atoms with Gasteiger partial charge in [0.15, 0.2) is 0 Å². The molecule has 0 spiro atoms. The Bertz CT molecular complexity index is 364. The summed E-state index contributed by atoms with van der Waals surface area (Å²) in [6.07, 6.45) is -24.2. The van der Waals surface area contributed by atoms with Crippen LogP contribution < -0.4 is 0 Å². The molecule has 0 heterocycles. The molecular weight excluding hydrogens is 342 g/mol. The van der Waals surface area contributed by atoms with E-state index in [1.54, 1.807) is 0 Å². The quantitative estimate of drug-likeness (QED) is 0.536. The van der Waals surface area contributed by atoms with Crippen LogP contribution >= 0.6 is 0 Å². The number of carbonyl (C=O) groups is 1. The van der Waals surface area contributed by atoms with E-state index in [9.17, 15) is 48.7 Å². The summed E-state index contributed by atoms with van der Waals surface area (Å²) in [6.45, 7) is -1.06. The number of hydrogen-bond acceptors (Lipinski definition) is 2. The average Bonchev–Trinajstić information content (AvgIpc) is 2.21. The van der Waals surface area contributed by atoms with Crippen LogP contribution in [-0.2, 0) is 9.53 Å². The maximum Gasteiger partial charge on any atom is 0.400 e. The molecule has 0 aliphatic carbocycles. The predicted molar refractivity (Wildman–Crippen MR) is 51.5 cm³/mol. The number of rotatable bonds is 6. The van der Waals surface area contributed by atoms with Crippen LogP contribution in [0.3, 0.4) is 0 Å². The highest BCUT2D eigenvalue weighted by molar-refractivity contribution is 5.65. The van der Waals surface area contributed by atoms with E-state index in [-0.39, 0.29) is 0 Å². The number of alkyl halides is 10. The topological polar surface area (TPSA) is 26.3 Å². The van der Waals surface area contributed by atoms with E-state index in [2.05, 4.69) is 4.74 Å². The predicted octanol–water partition coefficient (Wildman–Crippen LogP) is 3.85. The average molecular weight is 352 g/mol. The molecule has 0 N–H and O–H groups in total. The van der Waals surface area contributed by atoms with Gasteiger partial charge >= 0.3 is 18.3 Å². The Morgan fingerprint density at radius 1 is 0.909 bits per heavy atom. The fraction of sp³-hybridized carbons (Fsp3) is 0.900. The van der Waals surface area contributed by atoms with Crippen molar-refractivity contribution >= 4 is 5.97 Å². The second-order valence-electron chi connectivity index (χ2n) is 4.23. The molecule has 0 aromatic rings. The first kappa shape index (κ1) is 20.8. The first-order valence-corrected chi connectivity index (χ1v) is 5.52. The summed E-state index contributed by atoms with van der Waals surface area (Å²) in [4.78, 5) is 10.3. The lowest BCUT2D eigenvalue weighted by Crippen LogP contribution is -2.49. The van der Waals surface area contributed by atoms with Crippen molar-refractivity contribution in [2.45, 2.75) is 38.0 Å². The summed E-state index contributed by atoms with van der Waals surface area (Å²) in [6, 6.07) is 0. The first-order valence-electron chi connectivity index (χ1n) is 5.52. The number of ether oxygens (including phenoxy) is 1. The molecule has 2 nitrogen and oxygen atoms in total. The van der Waals surface area contributed by atoms with E-state index in [0.717, 1.165) is 0 Å². The maximum absolute atomic E-state index is 13.4. The Labute approximate surface area is 117 Å². The summed E-state index contributed by atoms with van der Waals surface area (Å²) in [5.74, 6) is -9.62. The third-order valence-electron chi connectivity index (χ3n) is 2.55. The monoisotopic (exact) mass is 352 g/mol. The molecule has 4 unspecified atom stereocenters. The van der Waals surface area contributed by atoms with Crippen LogP contribution in [0.1, 0.15) is 6.92 Å². The van der Waals surface area contributed by atoms with Crippen LogP contribution in [0, 0.1) is 11.8 Å². The lowest BCUT2D eigenvalue weighted by molar-refractivity contribution is -0.266. The summed E-state index contributed by atoms with van der Waals surface area (Å²) < 4.78 is 129. The van der Waals surface area contributed by atoms with Gasteiger partial charge in [-0.05, 0) is 0 Å². The lowest BCUT2D eigenvalue weighted by atomic mass is 9.88. The van der Waals surface area contributed by atoms with Crippen LogP contribution in [0.5, 0.6) is 0 Å². The van der Waals surface area contributed by atoms with Crippen molar-refractivity contribution in [2.75, 3.05) is 6.61 Å². The molecule has 0 aromatic heterocycles. The van der Waals surface area contributed by atoms with Crippen molar-refractivity contribution in [2.24, 2.45) is 11.8 Å². The third kappa shape index (κ3) is 5.87. The van der Waals surface area contributed by atoms with Crippen molar-refractivity contribution in [3.05, 3.63) is 0 Å². The zero-order chi connectivity index (χ0) is 17.9. The zero-order valence-corrected chi connectivity index (χ0v) is 10.7. The number of hydrogen-bond donors (Lipinski definition) is 0. The van der Waals surface area contributed by atoms with Crippen molar-refractivity contribution in [1.29, 1.82) is 0 Å². The molecule has 0 rings (SSSR count). The van der Waals surface area contributed by atoms with Gasteiger partial charge in [-0.15, -0.1) is 0 Å². The molecule has 132 valence electrons. The lowest BCUT2D eigenvalue weighted by Gasteiger charge is -2.31. The summed E-state index contributed by atoms with van der Waals surface area (Å²) >= 11 is 0. The van der Waals surface area contributed by atoms with E-state index in [0.29, 0.717) is 6.92 Å². The highest BCUT2D eigenvalue weighted by Gasteiger charge is 2.61. The minimum Gasteiger partial charge on any atom is -0.463 e. The van der Waals surface area contributed by atoms with Gasteiger partial charge in [0.25, 0.3) is 6.43 Å². The van der Waals surface area contributed by atoms with Gasteiger partial charge in [0, 0.05) is 6.92 Å². The van der Waals surface area contributed by atoms with Gasteiger partial charge in [0.2, 0.25) is 0 Å². The molecule has 0 saturated carbocycles. The number of esters is 1. The molecule has 0 saturated heterocycles. The van der Waals surface area contributed by atoms with Crippen LogP contribution in [0.15, 0.2) is 0 Å². The van der Waals surface area contributed by atoms with Gasteiger partial charge in [-0.25, -0.2) is 17.6 Å². The van der Waals surface area contributed by atoms with Crippen molar-refractivity contribution in [1.82, 2.24) is 0 Å². The SMILES string of the molecule is CC(=O)OCC(F)C(C(F)C(C(F)F)C(F)(F)F)C(F)(F)F. The normalized spacial score (nSPS) is 18.7. The van der Waals surface area contributed by atoms with Gasteiger partial charge in [-0.3, -0.25) is 4.79 Å². The molecule has 22 heavy (non-hydrogen) atoms. The van der Waals surface area contributed by atoms with Crippen LogP contribution in [0.2, 0.25) is 0 Å². The van der Waals surface area contributed by atoms with Crippen LogP contribution in [0.4, 0.5) is 43.9 Å². The Balaban J connectivity index is 5.46. The minimum atomic E-state index is -6.02. The van der Waals surface area contributed by atoms with Gasteiger partial charge in [-0.2, -0.15) is 26.3 Å². The minimum absolute atomic E-state index is 0.653. The van der Waals surface area contributed by atoms with E-state index < -0.39 is 55.5 Å². The molecule has 0 fully saturated rings. The van der Waals surface area contributed by atoms with Crippen LogP contribution in [-0.4, -0.2) is 43.7 Å². The van der Waals surface area contributed by atoms with E-state index in [4.69, 9.17) is 0 Å². The third-order valence-corrected chi connectivity index (χ3v) is 2.55. The first-order chi connectivity index (χ1) is 9.69. The molecule has 0 aromatic carbocycles. The second-order valence-corrected chi connectivity index (χ2v) is 4.23. The van der Waals surface area contributed by atoms with E-state index in [1.807, 2.05) is 0 Å². The summed E-state index contributed by atoms with van der Waals surface area (Å²) in [7, 11) is 0. The highest BCUT2D eigenvalue weighted by Crippen LogP contribution is 2.44. The fourth-order valence-electron chi connectivity index (χ4n) is 1.57. The molecule has 0 bridgehead atoms. The number of carbonyl (C=O) groups excluding carboxylic acids is 1.